The summed E-state index contributed by atoms with van der Waals surface area (Å²) in [6.45, 7) is 4.63. The predicted octanol–water partition coefficient (Wildman–Crippen LogP) is 1.34. The molecule has 1 aromatic carbocycles. The zero-order chi connectivity index (χ0) is 19.1. The lowest BCUT2D eigenvalue weighted by atomic mass is 10.00. The SMILES string of the molecule is Cc1nn(CC(=O)N2CCc3ccccc3C2)c(C)c1S(=O)(=O)N(C)C. The molecule has 0 bridgehead atoms. The third kappa shape index (κ3) is 3.26. The molecule has 7 nitrogen and oxygen atoms in total. The van der Waals surface area contributed by atoms with E-state index in [9.17, 15) is 13.2 Å². The van der Waals surface area contributed by atoms with E-state index in [1.54, 1.807) is 18.7 Å². The number of carbonyl (C=O) groups excluding carboxylic acids is 1. The molecule has 1 aliphatic rings. The van der Waals surface area contributed by atoms with E-state index >= 15 is 0 Å². The minimum Gasteiger partial charge on any atom is -0.336 e. The molecular weight excluding hydrogens is 352 g/mol. The number of aryl methyl sites for hydroxylation is 1. The van der Waals surface area contributed by atoms with Crippen LogP contribution in [0, 0.1) is 13.8 Å². The Hall–Kier alpha value is -2.19. The van der Waals surface area contributed by atoms with Crippen molar-refractivity contribution in [3.8, 4) is 0 Å². The fraction of sp³-hybridized carbons (Fsp3) is 0.444. The van der Waals surface area contributed by atoms with Crippen LogP contribution in [0.2, 0.25) is 0 Å². The standard InChI is InChI=1S/C18H24N4O3S/c1-13-18(26(24,25)20(3)4)14(2)22(19-13)12-17(23)21-10-9-15-7-5-6-8-16(15)11-21/h5-8H,9-12H2,1-4H3. The van der Waals surface area contributed by atoms with Gasteiger partial charge < -0.3 is 4.90 Å². The van der Waals surface area contributed by atoms with E-state index in [0.29, 0.717) is 24.5 Å². The van der Waals surface area contributed by atoms with Crippen LogP contribution in [0.4, 0.5) is 0 Å². The van der Waals surface area contributed by atoms with Crippen LogP contribution >= 0.6 is 0 Å². The number of carbonyl (C=O) groups is 1. The minimum atomic E-state index is -3.59. The van der Waals surface area contributed by atoms with Crippen LogP contribution < -0.4 is 0 Å². The maximum absolute atomic E-state index is 12.7. The summed E-state index contributed by atoms with van der Waals surface area (Å²) in [5.74, 6) is -0.0566. The van der Waals surface area contributed by atoms with Crippen molar-refractivity contribution >= 4 is 15.9 Å². The predicted molar refractivity (Wildman–Crippen MR) is 98.1 cm³/mol. The van der Waals surface area contributed by atoms with Crippen LogP contribution in [0.5, 0.6) is 0 Å². The molecule has 1 aromatic heterocycles. The number of benzene rings is 1. The fourth-order valence-corrected chi connectivity index (χ4v) is 4.59. The number of nitrogens with zero attached hydrogens (tertiary/aromatic N) is 4. The summed E-state index contributed by atoms with van der Waals surface area (Å²) in [6.07, 6.45) is 0.833. The van der Waals surface area contributed by atoms with Crippen LogP contribution in [0.3, 0.4) is 0 Å². The zero-order valence-corrected chi connectivity index (χ0v) is 16.4. The third-order valence-corrected chi connectivity index (χ3v) is 6.89. The molecule has 0 aliphatic carbocycles. The van der Waals surface area contributed by atoms with Gasteiger partial charge in [-0.25, -0.2) is 12.7 Å². The smallest absolute Gasteiger partial charge is 0.246 e. The average Bonchev–Trinajstić information content (AvgIpc) is 2.88. The van der Waals surface area contributed by atoms with Crippen molar-refractivity contribution in [3.05, 3.63) is 46.8 Å². The molecule has 0 radical (unpaired) electrons. The van der Waals surface area contributed by atoms with Crippen molar-refractivity contribution < 1.29 is 13.2 Å². The fourth-order valence-electron chi connectivity index (χ4n) is 3.33. The van der Waals surface area contributed by atoms with Gasteiger partial charge in [-0.3, -0.25) is 9.48 Å². The molecule has 1 amide bonds. The molecule has 0 fully saturated rings. The summed E-state index contributed by atoms with van der Waals surface area (Å²) >= 11 is 0. The van der Waals surface area contributed by atoms with E-state index in [1.165, 1.54) is 24.3 Å². The molecule has 8 heteroatoms. The van der Waals surface area contributed by atoms with Gasteiger partial charge in [-0.2, -0.15) is 5.10 Å². The van der Waals surface area contributed by atoms with Crippen molar-refractivity contribution in [2.75, 3.05) is 20.6 Å². The first-order valence-corrected chi connectivity index (χ1v) is 9.97. The zero-order valence-electron chi connectivity index (χ0n) is 15.6. The molecule has 0 atom stereocenters. The van der Waals surface area contributed by atoms with Gasteiger partial charge in [0, 0.05) is 27.2 Å². The van der Waals surface area contributed by atoms with Crippen molar-refractivity contribution in [2.24, 2.45) is 0 Å². The van der Waals surface area contributed by atoms with E-state index in [-0.39, 0.29) is 17.3 Å². The second-order valence-electron chi connectivity index (χ2n) is 6.78. The summed E-state index contributed by atoms with van der Waals surface area (Å²) in [5, 5.41) is 4.30. The first-order chi connectivity index (χ1) is 12.2. The van der Waals surface area contributed by atoms with Gasteiger partial charge >= 0.3 is 0 Å². The second-order valence-corrected chi connectivity index (χ2v) is 8.87. The van der Waals surface area contributed by atoms with Crippen LogP contribution in [0.15, 0.2) is 29.2 Å². The summed E-state index contributed by atoms with van der Waals surface area (Å²) < 4.78 is 27.6. The van der Waals surface area contributed by atoms with Gasteiger partial charge in [0.2, 0.25) is 15.9 Å². The quantitative estimate of drug-likeness (QED) is 0.807. The van der Waals surface area contributed by atoms with Crippen LogP contribution in [-0.2, 0) is 34.3 Å². The Labute approximate surface area is 154 Å². The lowest BCUT2D eigenvalue weighted by molar-refractivity contribution is -0.133. The normalized spacial score (nSPS) is 14.6. The second kappa shape index (κ2) is 6.85. The number of sulfonamides is 1. The Kier molecular flexibility index (Phi) is 4.90. The molecule has 0 unspecified atom stereocenters. The van der Waals surface area contributed by atoms with Crippen LogP contribution in [0.1, 0.15) is 22.5 Å². The van der Waals surface area contributed by atoms with Gasteiger partial charge in [-0.05, 0) is 31.4 Å². The highest BCUT2D eigenvalue weighted by Gasteiger charge is 2.28. The van der Waals surface area contributed by atoms with E-state index in [4.69, 9.17) is 0 Å². The highest BCUT2D eigenvalue weighted by atomic mass is 32.2. The lowest BCUT2D eigenvalue weighted by Crippen LogP contribution is -2.38. The van der Waals surface area contributed by atoms with Gasteiger partial charge in [0.25, 0.3) is 0 Å². The Morgan fingerprint density at radius 3 is 2.50 bits per heavy atom. The monoisotopic (exact) mass is 376 g/mol. The molecule has 0 N–H and O–H groups in total. The molecule has 2 heterocycles. The summed E-state index contributed by atoms with van der Waals surface area (Å²) in [4.78, 5) is 14.7. The first-order valence-electron chi connectivity index (χ1n) is 8.53. The molecule has 0 spiro atoms. The third-order valence-electron chi connectivity index (χ3n) is 4.82. The summed E-state index contributed by atoms with van der Waals surface area (Å²) in [5.41, 5.74) is 3.34. The van der Waals surface area contributed by atoms with Crippen LogP contribution in [-0.4, -0.2) is 54.0 Å². The number of hydrogen-bond acceptors (Lipinski definition) is 4. The summed E-state index contributed by atoms with van der Waals surface area (Å²) in [7, 11) is -0.617. The maximum atomic E-state index is 12.7. The molecule has 0 saturated heterocycles. The lowest BCUT2D eigenvalue weighted by Gasteiger charge is -2.29. The van der Waals surface area contributed by atoms with Crippen molar-refractivity contribution in [1.82, 2.24) is 19.0 Å². The van der Waals surface area contributed by atoms with Gasteiger partial charge in [0.1, 0.15) is 11.4 Å². The van der Waals surface area contributed by atoms with Crippen molar-refractivity contribution in [3.63, 3.8) is 0 Å². The number of amides is 1. The Bertz CT molecular complexity index is 947. The highest BCUT2D eigenvalue weighted by molar-refractivity contribution is 7.89. The van der Waals surface area contributed by atoms with E-state index < -0.39 is 10.0 Å². The van der Waals surface area contributed by atoms with Crippen molar-refractivity contribution in [1.29, 1.82) is 0 Å². The molecule has 0 saturated carbocycles. The van der Waals surface area contributed by atoms with E-state index in [2.05, 4.69) is 11.2 Å². The van der Waals surface area contributed by atoms with Gasteiger partial charge in [0.05, 0.1) is 11.4 Å². The number of fused-ring (bicyclic) bond motifs is 1. The first kappa shape index (κ1) is 18.6. The molecule has 1 aliphatic heterocycles. The molecule has 26 heavy (non-hydrogen) atoms. The topological polar surface area (TPSA) is 75.5 Å². The van der Waals surface area contributed by atoms with Gasteiger partial charge in [0.15, 0.2) is 0 Å². The number of aromatic nitrogens is 2. The Balaban J connectivity index is 1.81. The number of hydrogen-bond donors (Lipinski definition) is 0. The summed E-state index contributed by atoms with van der Waals surface area (Å²) in [6, 6.07) is 8.13. The Morgan fingerprint density at radius 1 is 1.19 bits per heavy atom. The van der Waals surface area contributed by atoms with Gasteiger partial charge in [-0.15, -0.1) is 0 Å². The van der Waals surface area contributed by atoms with Gasteiger partial charge in [-0.1, -0.05) is 24.3 Å². The molecule has 3 rings (SSSR count). The average molecular weight is 376 g/mol. The highest BCUT2D eigenvalue weighted by Crippen LogP contribution is 2.23. The molecule has 140 valence electrons. The maximum Gasteiger partial charge on any atom is 0.246 e. The Morgan fingerprint density at radius 2 is 1.85 bits per heavy atom. The van der Waals surface area contributed by atoms with Crippen molar-refractivity contribution in [2.45, 2.75) is 38.3 Å². The number of rotatable bonds is 4. The van der Waals surface area contributed by atoms with E-state index in [1.807, 2.05) is 18.2 Å². The van der Waals surface area contributed by atoms with E-state index in [0.717, 1.165) is 16.3 Å². The largest absolute Gasteiger partial charge is 0.336 e. The molecular formula is C18H24N4O3S. The minimum absolute atomic E-state index is 0.0395. The van der Waals surface area contributed by atoms with Crippen LogP contribution in [0.25, 0.3) is 0 Å². The molecule has 2 aromatic rings.